The van der Waals surface area contributed by atoms with Crippen molar-refractivity contribution in [1.29, 1.82) is 0 Å². The third kappa shape index (κ3) is 3.11. The van der Waals surface area contributed by atoms with E-state index in [-0.39, 0.29) is 0 Å². The third-order valence-corrected chi connectivity index (χ3v) is 3.72. The van der Waals surface area contributed by atoms with Gasteiger partial charge >= 0.3 is 0 Å². The quantitative estimate of drug-likeness (QED) is 0.771. The van der Waals surface area contributed by atoms with Gasteiger partial charge in [0.15, 0.2) is 0 Å². The summed E-state index contributed by atoms with van der Waals surface area (Å²) in [5.41, 5.74) is 0.957. The molecule has 2 rings (SSSR count). The van der Waals surface area contributed by atoms with Crippen LogP contribution in [0.4, 0.5) is 5.82 Å². The van der Waals surface area contributed by atoms with Gasteiger partial charge in [-0.25, -0.2) is 4.98 Å². The minimum absolute atomic E-state index is 0.488. The van der Waals surface area contributed by atoms with E-state index in [0.717, 1.165) is 24.6 Å². The lowest BCUT2D eigenvalue weighted by molar-refractivity contribution is 0.249. The topological polar surface area (TPSA) is 19.4 Å². The lowest BCUT2D eigenvalue weighted by Crippen LogP contribution is -2.42. The Morgan fingerprint density at radius 3 is 2.65 bits per heavy atom. The predicted octanol–water partition coefficient (Wildman–Crippen LogP) is 2.35. The smallest absolute Gasteiger partial charge is 0.128 e. The Hall–Kier alpha value is -0.800. The molecule has 1 fully saturated rings. The summed E-state index contributed by atoms with van der Waals surface area (Å²) in [7, 11) is 4.32. The van der Waals surface area contributed by atoms with Crippen LogP contribution in [0.3, 0.4) is 0 Å². The fourth-order valence-corrected chi connectivity index (χ4v) is 2.48. The van der Waals surface area contributed by atoms with Crippen LogP contribution in [0.2, 0.25) is 0 Å². The first kappa shape index (κ1) is 12.7. The number of alkyl halides is 1. The van der Waals surface area contributed by atoms with E-state index in [9.17, 15) is 0 Å². The predicted molar refractivity (Wildman–Crippen MR) is 72.7 cm³/mol. The van der Waals surface area contributed by atoms with Crippen molar-refractivity contribution in [2.45, 2.75) is 24.8 Å². The van der Waals surface area contributed by atoms with Crippen molar-refractivity contribution in [2.75, 3.05) is 32.1 Å². The molecule has 0 unspecified atom stereocenters. The van der Waals surface area contributed by atoms with E-state index in [2.05, 4.69) is 34.9 Å². The van der Waals surface area contributed by atoms with E-state index in [1.165, 1.54) is 12.8 Å². The molecule has 1 saturated heterocycles. The fraction of sp³-hybridized carbons (Fsp3) is 0.615. The molecule has 0 N–H and O–H groups in total. The zero-order valence-electron chi connectivity index (χ0n) is 10.6. The summed E-state index contributed by atoms with van der Waals surface area (Å²) in [5, 5.41) is 0. The van der Waals surface area contributed by atoms with Crippen molar-refractivity contribution in [3.63, 3.8) is 0 Å². The highest BCUT2D eigenvalue weighted by Gasteiger charge is 2.21. The molecule has 0 radical (unpaired) electrons. The van der Waals surface area contributed by atoms with Gasteiger partial charge in [0.25, 0.3) is 0 Å². The normalized spacial score (nSPS) is 17.8. The molecule has 0 aliphatic carbocycles. The zero-order chi connectivity index (χ0) is 12.3. The summed E-state index contributed by atoms with van der Waals surface area (Å²) >= 11 is 5.81. The van der Waals surface area contributed by atoms with Gasteiger partial charge in [0.05, 0.1) is 11.6 Å². The van der Waals surface area contributed by atoms with Crippen LogP contribution in [0.25, 0.3) is 0 Å². The monoisotopic (exact) mass is 253 g/mol. The number of aromatic nitrogens is 1. The van der Waals surface area contributed by atoms with Crippen molar-refractivity contribution in [3.8, 4) is 0 Å². The number of pyridine rings is 1. The Morgan fingerprint density at radius 1 is 1.35 bits per heavy atom. The van der Waals surface area contributed by atoms with E-state index in [4.69, 9.17) is 11.6 Å². The summed E-state index contributed by atoms with van der Waals surface area (Å²) < 4.78 is 0. The second-order valence-corrected chi connectivity index (χ2v) is 5.07. The van der Waals surface area contributed by atoms with Gasteiger partial charge in [-0.05, 0) is 39.1 Å². The lowest BCUT2D eigenvalue weighted by Gasteiger charge is -2.35. The molecule has 0 aromatic carbocycles. The standard InChI is InChI=1S/C13H20ClN3/c1-16(2)12-6-8-17(9-7-12)13-5-3-4-11(10-14)15-13/h3-5,12H,6-10H2,1-2H3. The SMILES string of the molecule is CN(C)C1CCN(c2cccc(CCl)n2)CC1. The van der Waals surface area contributed by atoms with Gasteiger partial charge in [0.2, 0.25) is 0 Å². The Morgan fingerprint density at radius 2 is 2.06 bits per heavy atom. The van der Waals surface area contributed by atoms with Crippen molar-refractivity contribution in [2.24, 2.45) is 0 Å². The molecule has 1 aromatic rings. The Labute approximate surface area is 108 Å². The van der Waals surface area contributed by atoms with Crippen LogP contribution < -0.4 is 4.90 Å². The maximum atomic E-state index is 5.81. The summed E-state index contributed by atoms with van der Waals surface area (Å²) in [6.07, 6.45) is 2.42. The number of halogens is 1. The second-order valence-electron chi connectivity index (χ2n) is 4.80. The summed E-state index contributed by atoms with van der Waals surface area (Å²) in [6, 6.07) is 6.80. The van der Waals surface area contributed by atoms with Crippen LogP contribution in [-0.2, 0) is 5.88 Å². The van der Waals surface area contributed by atoms with Crippen LogP contribution in [0.15, 0.2) is 18.2 Å². The summed E-state index contributed by atoms with van der Waals surface area (Å²) in [5.74, 6) is 1.56. The molecule has 1 aromatic heterocycles. The van der Waals surface area contributed by atoms with Crippen LogP contribution in [0.1, 0.15) is 18.5 Å². The highest BCUT2D eigenvalue weighted by Crippen LogP contribution is 2.20. The van der Waals surface area contributed by atoms with Gasteiger partial charge in [0.1, 0.15) is 5.82 Å². The first-order valence-electron chi connectivity index (χ1n) is 6.14. The largest absolute Gasteiger partial charge is 0.356 e. The van der Waals surface area contributed by atoms with Gasteiger partial charge in [-0.2, -0.15) is 0 Å². The van der Waals surface area contributed by atoms with Gasteiger partial charge in [-0.1, -0.05) is 6.07 Å². The first-order chi connectivity index (χ1) is 8.20. The molecule has 0 atom stereocenters. The van der Waals surface area contributed by atoms with Crippen molar-refractivity contribution >= 4 is 17.4 Å². The third-order valence-electron chi connectivity index (χ3n) is 3.45. The molecule has 17 heavy (non-hydrogen) atoms. The molecular weight excluding hydrogens is 234 g/mol. The van der Waals surface area contributed by atoms with Crippen LogP contribution >= 0.6 is 11.6 Å². The molecule has 1 aliphatic heterocycles. The molecule has 0 saturated carbocycles. The summed E-state index contributed by atoms with van der Waals surface area (Å²) in [6.45, 7) is 2.17. The maximum absolute atomic E-state index is 5.81. The molecule has 0 amide bonds. The van der Waals surface area contributed by atoms with Gasteiger partial charge in [-0.3, -0.25) is 0 Å². The Balaban J connectivity index is 2.00. The number of hydrogen-bond donors (Lipinski definition) is 0. The molecular formula is C13H20ClN3. The molecule has 3 nitrogen and oxygen atoms in total. The first-order valence-corrected chi connectivity index (χ1v) is 6.67. The van der Waals surface area contributed by atoms with Crippen molar-refractivity contribution in [3.05, 3.63) is 23.9 Å². The van der Waals surface area contributed by atoms with E-state index in [1.54, 1.807) is 0 Å². The molecule has 4 heteroatoms. The minimum Gasteiger partial charge on any atom is -0.356 e. The second kappa shape index (κ2) is 5.69. The lowest BCUT2D eigenvalue weighted by atomic mass is 10.0. The van der Waals surface area contributed by atoms with Crippen LogP contribution in [-0.4, -0.2) is 43.1 Å². The Kier molecular flexibility index (Phi) is 4.24. The van der Waals surface area contributed by atoms with E-state index in [1.807, 2.05) is 12.1 Å². The van der Waals surface area contributed by atoms with Gasteiger partial charge in [-0.15, -0.1) is 11.6 Å². The van der Waals surface area contributed by atoms with E-state index < -0.39 is 0 Å². The Bertz CT molecular complexity index is 359. The molecule has 1 aliphatic rings. The van der Waals surface area contributed by atoms with Crippen LogP contribution in [0, 0.1) is 0 Å². The molecule has 94 valence electrons. The zero-order valence-corrected chi connectivity index (χ0v) is 11.3. The minimum atomic E-state index is 0.488. The molecule has 2 heterocycles. The van der Waals surface area contributed by atoms with Gasteiger partial charge in [0, 0.05) is 19.1 Å². The van der Waals surface area contributed by atoms with E-state index >= 15 is 0 Å². The highest BCUT2D eigenvalue weighted by molar-refractivity contribution is 6.16. The number of nitrogens with zero attached hydrogens (tertiary/aromatic N) is 3. The van der Waals surface area contributed by atoms with Crippen LogP contribution in [0.5, 0.6) is 0 Å². The maximum Gasteiger partial charge on any atom is 0.128 e. The van der Waals surface area contributed by atoms with Crippen molar-refractivity contribution < 1.29 is 0 Å². The van der Waals surface area contributed by atoms with Crippen molar-refractivity contribution in [1.82, 2.24) is 9.88 Å². The summed E-state index contributed by atoms with van der Waals surface area (Å²) in [4.78, 5) is 9.24. The number of anilines is 1. The average molecular weight is 254 g/mol. The van der Waals surface area contributed by atoms with Gasteiger partial charge < -0.3 is 9.80 Å². The number of rotatable bonds is 3. The number of hydrogen-bond acceptors (Lipinski definition) is 3. The number of piperidine rings is 1. The fourth-order valence-electron chi connectivity index (χ4n) is 2.33. The highest BCUT2D eigenvalue weighted by atomic mass is 35.5. The molecule has 0 spiro atoms. The van der Waals surface area contributed by atoms with E-state index in [0.29, 0.717) is 11.9 Å². The molecule has 0 bridgehead atoms. The average Bonchev–Trinajstić information content (AvgIpc) is 2.39.